The second kappa shape index (κ2) is 20.9. The number of hydrogen-bond donors (Lipinski definition) is 3. The summed E-state index contributed by atoms with van der Waals surface area (Å²) in [7, 11) is -2.18. The van der Waals surface area contributed by atoms with E-state index in [1.807, 2.05) is 0 Å². The van der Waals surface area contributed by atoms with Gasteiger partial charge < -0.3 is 39.6 Å². The molecule has 1 aliphatic carbocycles. The monoisotopic (exact) mass is 979 g/mol. The van der Waals surface area contributed by atoms with Crippen LogP contribution in [0.5, 0.6) is 5.75 Å². The van der Waals surface area contributed by atoms with Crippen LogP contribution in [0, 0.1) is 5.82 Å². The fourth-order valence-electron chi connectivity index (χ4n) is 6.91. The summed E-state index contributed by atoms with van der Waals surface area (Å²) in [5.74, 6) is -2.43. The Labute approximate surface area is 397 Å². The molecule has 5 rings (SSSR count). The minimum atomic E-state index is -3.67. The maximum atomic E-state index is 15.5. The van der Waals surface area contributed by atoms with E-state index in [1.165, 1.54) is 61.5 Å². The first-order chi connectivity index (χ1) is 31.6. The smallest absolute Gasteiger partial charge is 0.425 e. The topological polar surface area (TPSA) is 220 Å². The first-order valence-electron chi connectivity index (χ1n) is 22.1. The summed E-state index contributed by atoms with van der Waals surface area (Å²) < 4.78 is 64.3. The third kappa shape index (κ3) is 14.1. The quantitative estimate of drug-likeness (QED) is 0.0663. The van der Waals surface area contributed by atoms with E-state index in [9.17, 15) is 37.5 Å². The first kappa shape index (κ1) is 52.7. The number of hydrogen-bond acceptors (Lipinski definition) is 13. The molecule has 1 saturated carbocycles. The number of carboxylic acid groups (broad SMARTS) is 1. The summed E-state index contributed by atoms with van der Waals surface area (Å²) >= 11 is 0. The number of ether oxygens (including phenoxy) is 4. The van der Waals surface area contributed by atoms with Crippen LogP contribution in [0.25, 0.3) is 10.8 Å². The third-order valence-corrected chi connectivity index (χ3v) is 14.5. The molecule has 1 unspecified atom stereocenters. The number of methoxy groups -OCH3 is 1. The van der Waals surface area contributed by atoms with Crippen LogP contribution in [0.4, 0.5) is 36.0 Å². The minimum Gasteiger partial charge on any atom is -0.496 e. The fourth-order valence-corrected chi connectivity index (χ4v) is 9.49. The van der Waals surface area contributed by atoms with Crippen molar-refractivity contribution in [3.8, 4) is 5.75 Å². The van der Waals surface area contributed by atoms with E-state index >= 15 is 4.39 Å². The molecule has 17 nitrogen and oxygen atoms in total. The zero-order valence-electron chi connectivity index (χ0n) is 40.4. The molecule has 1 heterocycles. The summed E-state index contributed by atoms with van der Waals surface area (Å²) in [6, 6.07) is 12.7. The van der Waals surface area contributed by atoms with Gasteiger partial charge in [-0.15, -0.1) is 0 Å². The van der Waals surface area contributed by atoms with Gasteiger partial charge in [0.05, 0.1) is 36.6 Å². The molecule has 4 aromatic rings. The van der Waals surface area contributed by atoms with Crippen LogP contribution in [0.1, 0.15) is 83.5 Å². The number of aryl methyl sites for hydroxylation is 1. The van der Waals surface area contributed by atoms with Gasteiger partial charge in [-0.3, -0.25) is 4.79 Å². The van der Waals surface area contributed by atoms with Crippen molar-refractivity contribution in [3.63, 3.8) is 0 Å². The Morgan fingerprint density at radius 2 is 1.50 bits per heavy atom. The van der Waals surface area contributed by atoms with E-state index in [0.29, 0.717) is 40.3 Å². The van der Waals surface area contributed by atoms with E-state index in [2.05, 4.69) is 35.3 Å². The van der Waals surface area contributed by atoms with E-state index in [4.69, 9.17) is 18.9 Å². The average molecular weight is 980 g/mol. The molecule has 0 aliphatic heterocycles. The molecule has 1 atom stereocenters. The largest absolute Gasteiger partial charge is 0.496 e. The van der Waals surface area contributed by atoms with Crippen molar-refractivity contribution < 1.29 is 60.8 Å². The number of anilines is 3. The summed E-state index contributed by atoms with van der Waals surface area (Å²) in [6.07, 6.45) is -0.880. The van der Waals surface area contributed by atoms with Crippen LogP contribution in [-0.2, 0) is 46.6 Å². The van der Waals surface area contributed by atoms with Gasteiger partial charge in [0.15, 0.2) is 21.7 Å². The van der Waals surface area contributed by atoms with Gasteiger partial charge in [0.25, 0.3) is 0 Å². The van der Waals surface area contributed by atoms with Crippen molar-refractivity contribution >= 4 is 76.0 Å². The van der Waals surface area contributed by atoms with E-state index < -0.39 is 76.4 Å². The molecule has 3 aromatic carbocycles. The Morgan fingerprint density at radius 1 is 0.868 bits per heavy atom. The number of pyridine rings is 1. The summed E-state index contributed by atoms with van der Waals surface area (Å²) in [5, 5.41) is 15.6. The van der Waals surface area contributed by atoms with Gasteiger partial charge in [0.2, 0.25) is 5.91 Å². The lowest BCUT2D eigenvalue weighted by atomic mass is 9.99. The number of nitrogens with zero attached hydrogens (tertiary/aromatic N) is 3. The van der Waals surface area contributed by atoms with Gasteiger partial charge in [-0.2, -0.15) is 4.90 Å². The SMILES string of the molecule is COc1ccc(C(Nc2ccc3c(N(C(=O)OC(C)(C)C)C(=O)OC(C)(C)C)ncc(F)c3c2)C(=O)O)cc1CCC(=O)Nc1ccc(S(=O)(=O)C2CC2)c(CN(C)C(=O)OCC[Si](C)(C)C)c1. The first-order valence-corrected chi connectivity index (χ1v) is 27.4. The molecular formula is C48H62FN5O12SSi. The van der Waals surface area contributed by atoms with Crippen molar-refractivity contribution in [1.82, 2.24) is 9.88 Å². The summed E-state index contributed by atoms with van der Waals surface area (Å²) in [5.41, 5.74) is -0.460. The Morgan fingerprint density at radius 3 is 2.07 bits per heavy atom. The maximum Gasteiger partial charge on any atom is 0.425 e. The number of amides is 4. The Hall–Kier alpha value is -6.28. The van der Waals surface area contributed by atoms with Gasteiger partial charge in [-0.1, -0.05) is 25.7 Å². The number of benzene rings is 3. The Bertz CT molecular complexity index is 2650. The molecule has 0 saturated heterocycles. The molecule has 20 heteroatoms. The lowest BCUT2D eigenvalue weighted by molar-refractivity contribution is -0.138. The summed E-state index contributed by atoms with van der Waals surface area (Å²) in [4.78, 5) is 72.0. The average Bonchev–Trinajstić information content (AvgIpc) is 4.08. The third-order valence-electron chi connectivity index (χ3n) is 10.4. The molecular weight excluding hydrogens is 918 g/mol. The van der Waals surface area contributed by atoms with Crippen LogP contribution in [0.2, 0.25) is 25.7 Å². The van der Waals surface area contributed by atoms with Crippen LogP contribution in [-0.4, -0.2) is 98.9 Å². The number of imide groups is 1. The highest BCUT2D eigenvalue weighted by molar-refractivity contribution is 7.92. The Balaban J connectivity index is 1.36. The molecule has 0 bridgehead atoms. The predicted molar refractivity (Wildman–Crippen MR) is 258 cm³/mol. The van der Waals surface area contributed by atoms with E-state index in [1.54, 1.807) is 53.7 Å². The lowest BCUT2D eigenvalue weighted by Gasteiger charge is -2.28. The normalized spacial score (nSPS) is 13.5. The maximum absolute atomic E-state index is 15.5. The van der Waals surface area contributed by atoms with Crippen LogP contribution in [0.15, 0.2) is 65.7 Å². The van der Waals surface area contributed by atoms with Crippen LogP contribution in [0.3, 0.4) is 0 Å². The van der Waals surface area contributed by atoms with Gasteiger partial charge in [-0.05, 0) is 132 Å². The molecule has 4 amide bonds. The van der Waals surface area contributed by atoms with Crippen molar-refractivity contribution in [3.05, 3.63) is 83.3 Å². The standard InChI is InChI=1S/C48H62FN5O12SSi/c1-47(2,3)65-45(59)54(46(60)66-48(4,5)6)42-35-18-14-33(26-36(35)37(49)27-50-42)52-41(43(56)57)30-12-19-38(63-8)29(24-30)13-21-40(55)51-32-15-20-39(67(61,62)34-16-17-34)31(25-32)28-53(7)44(58)64-22-23-68(9,10)11/h12,14-15,18-20,24-27,34,41,52H,13,16-17,21-23,28H2,1-11H3,(H,51,55)(H,56,57). The highest BCUT2D eigenvalue weighted by Gasteiger charge is 2.39. The zero-order valence-corrected chi connectivity index (χ0v) is 42.3. The second-order valence-electron chi connectivity index (χ2n) is 19.9. The number of aliphatic carboxylic acids is 1. The van der Waals surface area contributed by atoms with Crippen molar-refractivity contribution in [1.29, 1.82) is 0 Å². The zero-order chi connectivity index (χ0) is 50.5. The van der Waals surface area contributed by atoms with Crippen molar-refractivity contribution in [2.75, 3.05) is 36.3 Å². The molecule has 68 heavy (non-hydrogen) atoms. The fraction of sp³-hybridized carbons (Fsp3) is 0.458. The molecule has 1 aliphatic rings. The van der Waals surface area contributed by atoms with Gasteiger partial charge >= 0.3 is 24.2 Å². The predicted octanol–water partition coefficient (Wildman–Crippen LogP) is 9.71. The van der Waals surface area contributed by atoms with Crippen LogP contribution >= 0.6 is 0 Å². The second-order valence-corrected chi connectivity index (χ2v) is 27.7. The van der Waals surface area contributed by atoms with Crippen molar-refractivity contribution in [2.45, 2.75) is 127 Å². The highest BCUT2D eigenvalue weighted by Crippen LogP contribution is 2.37. The molecule has 3 N–H and O–H groups in total. The number of rotatable bonds is 17. The molecule has 0 radical (unpaired) electrons. The summed E-state index contributed by atoms with van der Waals surface area (Å²) in [6.45, 7) is 16.3. The number of sulfone groups is 1. The highest BCUT2D eigenvalue weighted by atomic mass is 32.2. The lowest BCUT2D eigenvalue weighted by Crippen LogP contribution is -2.44. The number of carboxylic acids is 1. The van der Waals surface area contributed by atoms with Crippen LogP contribution < -0.4 is 20.3 Å². The van der Waals surface area contributed by atoms with Gasteiger partial charge in [0.1, 0.15) is 22.8 Å². The number of nitrogens with one attached hydrogen (secondary N) is 2. The molecule has 1 fully saturated rings. The molecule has 0 spiro atoms. The van der Waals surface area contributed by atoms with Crippen molar-refractivity contribution in [2.24, 2.45) is 0 Å². The van der Waals surface area contributed by atoms with E-state index in [-0.39, 0.29) is 58.7 Å². The number of aromatic nitrogens is 1. The number of halogens is 1. The number of fused-ring (bicyclic) bond motifs is 1. The van der Waals surface area contributed by atoms with Gasteiger partial charge in [-0.25, -0.2) is 37.0 Å². The van der Waals surface area contributed by atoms with E-state index in [0.717, 1.165) is 12.2 Å². The number of carbonyl (C=O) groups is 5. The number of carbonyl (C=O) groups excluding carboxylic acids is 4. The molecule has 1 aromatic heterocycles. The van der Waals surface area contributed by atoms with Gasteiger partial charge in [0, 0.05) is 43.7 Å². The minimum absolute atomic E-state index is 0.0276. The molecule has 368 valence electrons. The Kier molecular flexibility index (Phi) is 16.2.